The van der Waals surface area contributed by atoms with Crippen LogP contribution in [-0.4, -0.2) is 107 Å². The fourth-order valence-electron chi connectivity index (χ4n) is 10.2. The van der Waals surface area contributed by atoms with E-state index >= 15 is 0 Å². The summed E-state index contributed by atoms with van der Waals surface area (Å²) in [5, 5.41) is 24.5. The Bertz CT molecular complexity index is 2750. The van der Waals surface area contributed by atoms with Crippen LogP contribution in [0.25, 0.3) is 5.57 Å². The normalized spacial score (nSPS) is 20.5. The third kappa shape index (κ3) is 10.2. The summed E-state index contributed by atoms with van der Waals surface area (Å²) < 4.78 is 24.1. The zero-order valence-electron chi connectivity index (χ0n) is 40.9. The van der Waals surface area contributed by atoms with E-state index in [4.69, 9.17) is 24.7 Å². The van der Waals surface area contributed by atoms with E-state index < -0.39 is 30.4 Å². The van der Waals surface area contributed by atoms with E-state index in [0.29, 0.717) is 65.3 Å². The number of fused-ring (bicyclic) bond motifs is 4. The van der Waals surface area contributed by atoms with Gasteiger partial charge in [-0.15, -0.1) is 0 Å². The second kappa shape index (κ2) is 20.1. The quantitative estimate of drug-likeness (QED) is 0.0852. The molecule has 1 unspecified atom stereocenters. The predicted octanol–water partition coefficient (Wildman–Crippen LogP) is 6.83. The molecule has 374 valence electrons. The number of nitrogens with one attached hydrogen (secondary N) is 1. The van der Waals surface area contributed by atoms with Gasteiger partial charge in [-0.1, -0.05) is 50.2 Å². The monoisotopic (exact) mass is 969 g/mol. The van der Waals surface area contributed by atoms with Gasteiger partial charge in [0.05, 0.1) is 49.7 Å². The largest absolute Gasteiger partial charge is 0.508 e. The van der Waals surface area contributed by atoms with Crippen LogP contribution in [0.2, 0.25) is 0 Å². The highest BCUT2D eigenvalue weighted by atomic mass is 16.6. The lowest BCUT2D eigenvalue weighted by molar-refractivity contribution is -0.128. The molecule has 0 bridgehead atoms. The number of phenolic OH excluding ortho intramolecular Hbond substituents is 1. The maximum Gasteiger partial charge on any atom is 0.416 e. The molecular formula is C55H63N5O11. The van der Waals surface area contributed by atoms with Crippen molar-refractivity contribution < 1.29 is 53.1 Å². The summed E-state index contributed by atoms with van der Waals surface area (Å²) in [5.41, 5.74) is 11.8. The molecule has 71 heavy (non-hydrogen) atoms. The maximum absolute atomic E-state index is 14.3. The Morgan fingerprint density at radius 3 is 2.28 bits per heavy atom. The molecule has 0 aromatic heterocycles. The lowest BCUT2D eigenvalue weighted by Crippen LogP contribution is -2.50. The van der Waals surface area contributed by atoms with Crippen molar-refractivity contribution in [3.05, 3.63) is 118 Å². The van der Waals surface area contributed by atoms with Crippen LogP contribution in [0.3, 0.4) is 0 Å². The van der Waals surface area contributed by atoms with Crippen molar-refractivity contribution in [1.29, 1.82) is 0 Å². The summed E-state index contributed by atoms with van der Waals surface area (Å²) in [6, 6.07) is 19.0. The van der Waals surface area contributed by atoms with Gasteiger partial charge in [0.1, 0.15) is 18.1 Å². The van der Waals surface area contributed by atoms with Crippen LogP contribution in [0.15, 0.2) is 79.0 Å². The van der Waals surface area contributed by atoms with Gasteiger partial charge in [-0.2, -0.15) is 0 Å². The number of nitrogens with two attached hydrogens (primary N) is 1. The number of anilines is 1. The molecule has 2 fully saturated rings. The number of ketones is 1. The number of carbonyl (C=O) groups excluding carboxylic acids is 5. The molecule has 9 rings (SSSR count). The molecule has 4 amide bonds. The van der Waals surface area contributed by atoms with Crippen LogP contribution in [0.5, 0.6) is 23.0 Å². The lowest BCUT2D eigenvalue weighted by atomic mass is 9.97. The molecule has 5 atom stereocenters. The van der Waals surface area contributed by atoms with Crippen LogP contribution in [-0.2, 0) is 33.8 Å². The fourth-order valence-corrected chi connectivity index (χ4v) is 10.2. The number of aliphatic hydroxyl groups is 1. The minimum absolute atomic E-state index is 0.0109. The number of aliphatic hydroxyl groups excluding tert-OH is 1. The molecular weight excluding hydrogens is 907 g/mol. The Morgan fingerprint density at radius 2 is 1.59 bits per heavy atom. The van der Waals surface area contributed by atoms with Crippen molar-refractivity contribution in [3.63, 3.8) is 0 Å². The van der Waals surface area contributed by atoms with E-state index in [1.54, 1.807) is 66.4 Å². The van der Waals surface area contributed by atoms with Crippen molar-refractivity contribution >= 4 is 40.9 Å². The van der Waals surface area contributed by atoms with Crippen LogP contribution < -0.4 is 30.2 Å². The number of aryl methyl sites for hydroxylation is 2. The molecule has 5 aliphatic rings. The second-order valence-electron chi connectivity index (χ2n) is 20.2. The van der Waals surface area contributed by atoms with Crippen molar-refractivity contribution in [2.24, 2.45) is 17.1 Å². The number of aromatic hydroxyl groups is 1. The number of Topliss-reactive ketones (excluding diaryl/α,β-unsaturated/α-hetero) is 1. The summed E-state index contributed by atoms with van der Waals surface area (Å²) in [4.78, 5) is 72.4. The molecule has 4 heterocycles. The van der Waals surface area contributed by atoms with Crippen LogP contribution >= 0.6 is 0 Å². The number of benzene rings is 4. The Morgan fingerprint density at radius 1 is 0.887 bits per heavy atom. The van der Waals surface area contributed by atoms with Gasteiger partial charge in [0, 0.05) is 43.3 Å². The summed E-state index contributed by atoms with van der Waals surface area (Å²) in [7, 11) is 1.54. The molecule has 16 nitrogen and oxygen atoms in total. The minimum Gasteiger partial charge on any atom is -0.508 e. The van der Waals surface area contributed by atoms with Gasteiger partial charge in [-0.25, -0.2) is 9.69 Å². The van der Waals surface area contributed by atoms with Crippen molar-refractivity contribution in [1.82, 2.24) is 15.1 Å². The first-order valence-electron chi connectivity index (χ1n) is 24.6. The molecule has 1 saturated carbocycles. The fraction of sp³-hybridized carbons (Fsp3) is 0.436. The molecule has 1 spiro atoms. The Labute approximate surface area is 413 Å². The van der Waals surface area contributed by atoms with E-state index in [2.05, 4.69) is 5.32 Å². The first-order chi connectivity index (χ1) is 34.0. The molecule has 0 radical (unpaired) electrons. The van der Waals surface area contributed by atoms with Gasteiger partial charge in [0.25, 0.3) is 11.8 Å². The van der Waals surface area contributed by atoms with Gasteiger partial charge < -0.3 is 50.0 Å². The SMILES string of the molecule is COc1cc2c(cc1OCCCOc1cc3c(cc1C)C(=O)N1CC4(CC4)C[C@H]1C(O)N3C(=O)OCc1ccc(CC(=O)[C@H](C)NC(=O)[C@@H](N)C(C)C)cc1)CC[C@@H]1CC(c3ccc(O)cc3)=CN1C2=O. The number of carbonyl (C=O) groups is 5. The number of phenols is 1. The minimum atomic E-state index is -1.38. The third-order valence-corrected chi connectivity index (χ3v) is 14.8. The standard InChI is InChI=1S/C55H63N5O11/c1-31(2)49(56)50(63)57-33(4)45(62)22-34-7-9-35(10-8-34)29-71-54(67)60-43-26-46(32(3)21-42(43)52(65)59-30-55(17-18-55)27-44(59)53(60)66)69-19-6-20-70-48-24-37-11-14-39-23-38(36-12-15-40(61)16-13-36)28-58(39)51(64)41(37)25-47(48)68-5/h7-10,12-13,15-16,21,24-26,28,31,33,39,44,49,53,61,66H,6,11,14,17-20,22-23,27,29-30,56H2,1-5H3,(H,57,63)/t33-,39+,44-,49-,53?/m0/s1. The highest BCUT2D eigenvalue weighted by molar-refractivity contribution is 6.06. The number of amides is 4. The van der Waals surface area contributed by atoms with Gasteiger partial charge in [0.2, 0.25) is 5.91 Å². The van der Waals surface area contributed by atoms with Crippen molar-refractivity contribution in [3.8, 4) is 23.0 Å². The first kappa shape index (κ1) is 49.1. The summed E-state index contributed by atoms with van der Waals surface area (Å²) in [5.74, 6) is 0.582. The zero-order valence-corrected chi connectivity index (χ0v) is 40.9. The summed E-state index contributed by atoms with van der Waals surface area (Å²) in [6.45, 7) is 7.98. The molecule has 16 heteroatoms. The number of hydrogen-bond acceptors (Lipinski definition) is 12. The van der Waals surface area contributed by atoms with Gasteiger partial charge in [0.15, 0.2) is 23.5 Å². The zero-order chi connectivity index (χ0) is 50.3. The predicted molar refractivity (Wildman–Crippen MR) is 264 cm³/mol. The number of methoxy groups -OCH3 is 1. The highest BCUT2D eigenvalue weighted by Gasteiger charge is 2.58. The van der Waals surface area contributed by atoms with Crippen LogP contribution in [0.4, 0.5) is 10.5 Å². The van der Waals surface area contributed by atoms with Crippen molar-refractivity contribution in [2.75, 3.05) is 31.8 Å². The second-order valence-corrected chi connectivity index (χ2v) is 20.2. The lowest BCUT2D eigenvalue weighted by Gasteiger charge is -2.31. The van der Waals surface area contributed by atoms with E-state index in [1.807, 2.05) is 50.1 Å². The number of rotatable bonds is 16. The summed E-state index contributed by atoms with van der Waals surface area (Å²) >= 11 is 0. The number of hydrogen-bond donors (Lipinski definition) is 4. The maximum atomic E-state index is 14.3. The Balaban J connectivity index is 0.846. The van der Waals surface area contributed by atoms with Gasteiger partial charge >= 0.3 is 6.09 Å². The Hall–Kier alpha value is -6.91. The molecule has 5 N–H and O–H groups in total. The summed E-state index contributed by atoms with van der Waals surface area (Å²) in [6.07, 6.45) is 4.88. The first-order valence-corrected chi connectivity index (χ1v) is 24.6. The van der Waals surface area contributed by atoms with E-state index in [9.17, 15) is 34.2 Å². The van der Waals surface area contributed by atoms with Crippen LogP contribution in [0.1, 0.15) is 108 Å². The molecule has 1 saturated heterocycles. The van der Waals surface area contributed by atoms with Crippen LogP contribution in [0, 0.1) is 18.3 Å². The highest BCUT2D eigenvalue weighted by Crippen LogP contribution is 2.57. The van der Waals surface area contributed by atoms with E-state index in [-0.39, 0.29) is 84.1 Å². The van der Waals surface area contributed by atoms with E-state index in [1.165, 1.54) is 12.0 Å². The number of ether oxygens (including phenoxy) is 4. The molecule has 1 aliphatic carbocycles. The molecule has 4 aromatic carbocycles. The van der Waals surface area contributed by atoms with E-state index in [0.717, 1.165) is 42.4 Å². The smallest absolute Gasteiger partial charge is 0.416 e. The average molecular weight is 970 g/mol. The Kier molecular flexibility index (Phi) is 13.9. The van der Waals surface area contributed by atoms with Crippen molar-refractivity contribution in [2.45, 2.75) is 116 Å². The molecule has 4 aromatic rings. The molecule has 4 aliphatic heterocycles. The topological polar surface area (TPSA) is 210 Å². The van der Waals surface area contributed by atoms with Gasteiger partial charge in [-0.05, 0) is 127 Å². The number of nitrogens with zero attached hydrogens (tertiary/aromatic N) is 3. The average Bonchev–Trinajstić information content (AvgIpc) is 3.86. The third-order valence-electron chi connectivity index (χ3n) is 14.8. The van der Waals surface area contributed by atoms with Gasteiger partial charge in [-0.3, -0.25) is 19.2 Å².